The van der Waals surface area contributed by atoms with E-state index in [1.807, 2.05) is 26.0 Å². The molecule has 2 N–H and O–H groups in total. The van der Waals surface area contributed by atoms with Crippen molar-refractivity contribution in [3.63, 3.8) is 0 Å². The molecule has 0 spiro atoms. The highest BCUT2D eigenvalue weighted by atomic mass is 79.9. The highest BCUT2D eigenvalue weighted by Crippen LogP contribution is 2.30. The van der Waals surface area contributed by atoms with Crippen molar-refractivity contribution in [2.75, 3.05) is 0 Å². The number of rotatable bonds is 2. The van der Waals surface area contributed by atoms with Crippen LogP contribution < -0.4 is 5.73 Å². The lowest BCUT2D eigenvalue weighted by atomic mass is 9.93. The third kappa shape index (κ3) is 2.69. The summed E-state index contributed by atoms with van der Waals surface area (Å²) in [5.74, 6) is -1.24. The molecular formula is C15H14BrF2N. The van der Waals surface area contributed by atoms with Crippen molar-refractivity contribution in [2.24, 2.45) is 5.73 Å². The molecular weight excluding hydrogens is 312 g/mol. The van der Waals surface area contributed by atoms with E-state index in [0.717, 1.165) is 21.2 Å². The minimum Gasteiger partial charge on any atom is -0.320 e. The summed E-state index contributed by atoms with van der Waals surface area (Å²) >= 11 is 3.43. The Balaban J connectivity index is 2.56. The molecule has 0 aliphatic carbocycles. The summed E-state index contributed by atoms with van der Waals surface area (Å²) < 4.78 is 28.5. The smallest absolute Gasteiger partial charge is 0.131 e. The third-order valence-electron chi connectivity index (χ3n) is 3.19. The van der Waals surface area contributed by atoms with E-state index in [-0.39, 0.29) is 5.56 Å². The van der Waals surface area contributed by atoms with E-state index < -0.39 is 17.7 Å². The van der Waals surface area contributed by atoms with Crippen LogP contribution in [0.5, 0.6) is 0 Å². The van der Waals surface area contributed by atoms with Gasteiger partial charge in [0, 0.05) is 10.0 Å². The lowest BCUT2D eigenvalue weighted by Crippen LogP contribution is -2.17. The fraction of sp³-hybridized carbons (Fsp3) is 0.200. The van der Waals surface area contributed by atoms with Crippen molar-refractivity contribution in [3.05, 3.63) is 68.7 Å². The fourth-order valence-electron chi connectivity index (χ4n) is 2.10. The van der Waals surface area contributed by atoms with Gasteiger partial charge in [-0.2, -0.15) is 0 Å². The molecule has 100 valence electrons. The van der Waals surface area contributed by atoms with E-state index in [1.165, 1.54) is 18.2 Å². The van der Waals surface area contributed by atoms with Gasteiger partial charge in [-0.1, -0.05) is 28.1 Å². The number of nitrogens with two attached hydrogens (primary N) is 1. The Morgan fingerprint density at radius 1 is 1.05 bits per heavy atom. The molecule has 0 saturated heterocycles. The van der Waals surface area contributed by atoms with Gasteiger partial charge in [-0.05, 0) is 48.7 Å². The van der Waals surface area contributed by atoms with Crippen LogP contribution in [0.4, 0.5) is 8.78 Å². The third-order valence-corrected chi connectivity index (χ3v) is 4.05. The van der Waals surface area contributed by atoms with Gasteiger partial charge < -0.3 is 5.73 Å². The Hall–Kier alpha value is -1.26. The average molecular weight is 326 g/mol. The summed E-state index contributed by atoms with van der Waals surface area (Å²) in [6.07, 6.45) is 0. The number of hydrogen-bond acceptors (Lipinski definition) is 1. The van der Waals surface area contributed by atoms with E-state index in [2.05, 4.69) is 15.9 Å². The largest absolute Gasteiger partial charge is 0.320 e. The van der Waals surface area contributed by atoms with Crippen LogP contribution in [0.25, 0.3) is 0 Å². The maximum atomic E-state index is 13.8. The van der Waals surface area contributed by atoms with Crippen molar-refractivity contribution in [1.29, 1.82) is 0 Å². The SMILES string of the molecule is Cc1cc(C(N)c2c(F)cccc2F)c(C)cc1Br. The number of halogens is 3. The summed E-state index contributed by atoms with van der Waals surface area (Å²) in [6, 6.07) is 6.73. The van der Waals surface area contributed by atoms with Crippen molar-refractivity contribution in [1.82, 2.24) is 0 Å². The average Bonchev–Trinajstić information content (AvgIpc) is 2.33. The van der Waals surface area contributed by atoms with Gasteiger partial charge in [0.2, 0.25) is 0 Å². The van der Waals surface area contributed by atoms with Crippen LogP contribution in [-0.2, 0) is 0 Å². The van der Waals surface area contributed by atoms with E-state index in [9.17, 15) is 8.78 Å². The molecule has 2 aromatic carbocycles. The molecule has 4 heteroatoms. The van der Waals surface area contributed by atoms with E-state index in [4.69, 9.17) is 5.73 Å². The lowest BCUT2D eigenvalue weighted by Gasteiger charge is -2.18. The van der Waals surface area contributed by atoms with Crippen LogP contribution in [0.1, 0.15) is 28.3 Å². The van der Waals surface area contributed by atoms with Gasteiger partial charge in [0.15, 0.2) is 0 Å². The highest BCUT2D eigenvalue weighted by Gasteiger charge is 2.20. The van der Waals surface area contributed by atoms with Crippen molar-refractivity contribution in [2.45, 2.75) is 19.9 Å². The van der Waals surface area contributed by atoms with Crippen LogP contribution in [0.15, 0.2) is 34.8 Å². The number of hydrogen-bond donors (Lipinski definition) is 1. The molecule has 0 saturated carbocycles. The molecule has 19 heavy (non-hydrogen) atoms. The van der Waals surface area contributed by atoms with Crippen molar-refractivity contribution >= 4 is 15.9 Å². The van der Waals surface area contributed by atoms with Crippen LogP contribution >= 0.6 is 15.9 Å². The van der Waals surface area contributed by atoms with Gasteiger partial charge in [-0.25, -0.2) is 8.78 Å². The standard InChI is InChI=1S/C15H14BrF2N/c1-8-7-11(16)9(2)6-10(8)15(19)14-12(17)4-3-5-13(14)18/h3-7,15H,19H2,1-2H3. The summed E-state index contributed by atoms with van der Waals surface area (Å²) in [5, 5.41) is 0. The highest BCUT2D eigenvalue weighted by molar-refractivity contribution is 9.10. The van der Waals surface area contributed by atoms with Crippen LogP contribution in [-0.4, -0.2) is 0 Å². The second kappa shape index (κ2) is 5.39. The molecule has 1 nitrogen and oxygen atoms in total. The van der Waals surface area contributed by atoms with Gasteiger partial charge in [0.25, 0.3) is 0 Å². The zero-order chi connectivity index (χ0) is 14.2. The van der Waals surface area contributed by atoms with Crippen LogP contribution in [0.3, 0.4) is 0 Å². The van der Waals surface area contributed by atoms with Crippen LogP contribution in [0, 0.1) is 25.5 Å². The molecule has 0 radical (unpaired) electrons. The Morgan fingerprint density at radius 2 is 1.63 bits per heavy atom. The van der Waals surface area contributed by atoms with E-state index in [1.54, 1.807) is 0 Å². The summed E-state index contributed by atoms with van der Waals surface area (Å²) in [5.41, 5.74) is 8.55. The Labute approximate surface area is 119 Å². The maximum Gasteiger partial charge on any atom is 0.131 e. The molecule has 1 unspecified atom stereocenters. The molecule has 0 amide bonds. The van der Waals surface area contributed by atoms with E-state index >= 15 is 0 Å². The van der Waals surface area contributed by atoms with Crippen LogP contribution in [0.2, 0.25) is 0 Å². The first-order valence-corrected chi connectivity index (χ1v) is 6.67. The first-order valence-electron chi connectivity index (χ1n) is 5.88. The Kier molecular flexibility index (Phi) is 4.02. The zero-order valence-electron chi connectivity index (χ0n) is 10.7. The second-order valence-corrected chi connectivity index (χ2v) is 5.43. The molecule has 2 rings (SSSR count). The second-order valence-electron chi connectivity index (χ2n) is 4.57. The van der Waals surface area contributed by atoms with Gasteiger partial charge >= 0.3 is 0 Å². The van der Waals surface area contributed by atoms with Gasteiger partial charge in [0.1, 0.15) is 11.6 Å². The van der Waals surface area contributed by atoms with E-state index in [0.29, 0.717) is 0 Å². The van der Waals surface area contributed by atoms with Crippen molar-refractivity contribution < 1.29 is 8.78 Å². The van der Waals surface area contributed by atoms with Crippen molar-refractivity contribution in [3.8, 4) is 0 Å². The maximum absolute atomic E-state index is 13.8. The number of aryl methyl sites for hydroxylation is 2. The predicted molar refractivity (Wildman–Crippen MR) is 76.0 cm³/mol. The molecule has 0 bridgehead atoms. The Morgan fingerprint density at radius 3 is 2.21 bits per heavy atom. The fourth-order valence-corrected chi connectivity index (χ4v) is 2.56. The first kappa shape index (κ1) is 14.2. The molecule has 0 aromatic heterocycles. The normalized spacial score (nSPS) is 12.5. The summed E-state index contributed by atoms with van der Waals surface area (Å²) in [4.78, 5) is 0. The number of benzene rings is 2. The molecule has 1 atom stereocenters. The van der Waals surface area contributed by atoms with Gasteiger partial charge in [0.05, 0.1) is 6.04 Å². The predicted octanol–water partition coefficient (Wildman–Crippen LogP) is 4.39. The minimum atomic E-state index is -0.812. The molecule has 0 aliphatic heterocycles. The Bertz CT molecular complexity index is 606. The van der Waals surface area contributed by atoms with Gasteiger partial charge in [-0.15, -0.1) is 0 Å². The molecule has 0 fully saturated rings. The monoisotopic (exact) mass is 325 g/mol. The molecule has 0 aliphatic rings. The summed E-state index contributed by atoms with van der Waals surface area (Å²) in [6.45, 7) is 3.79. The van der Waals surface area contributed by atoms with Gasteiger partial charge in [-0.3, -0.25) is 0 Å². The quantitative estimate of drug-likeness (QED) is 0.870. The minimum absolute atomic E-state index is 0.0904. The molecule has 0 heterocycles. The first-order chi connectivity index (χ1) is 8.91. The summed E-state index contributed by atoms with van der Waals surface area (Å²) in [7, 11) is 0. The molecule has 2 aromatic rings. The topological polar surface area (TPSA) is 26.0 Å². The lowest BCUT2D eigenvalue weighted by molar-refractivity contribution is 0.543. The zero-order valence-corrected chi connectivity index (χ0v) is 12.3.